The summed E-state index contributed by atoms with van der Waals surface area (Å²) in [5, 5.41) is 0. The van der Waals surface area contributed by atoms with Crippen molar-refractivity contribution in [2.75, 3.05) is 0 Å². The molecule has 0 unspecified atom stereocenters. The van der Waals surface area contributed by atoms with Gasteiger partial charge in [0.1, 0.15) is 92.0 Å². The Kier molecular flexibility index (Phi) is 19.5. The van der Waals surface area contributed by atoms with Crippen molar-refractivity contribution in [2.45, 2.75) is 41.5 Å². The maximum Gasteiger partial charge on any atom is 0.260 e. The van der Waals surface area contributed by atoms with E-state index >= 15 is 0 Å². The standard InChI is InChI=1S/2C32H23BO2.C31H21BO2.C25H17BO2/c1-20-8-3-5-10-24(20)22-14-16-28-26(18-22)33-27-19-23(25-11-6-4-9-21(25)2)15-17-29(27)35-31-13-7-12-30(34-28)32(31)33;1-20-8-3-5-10-24(20)22-14-16-26-30(18-22)34-28-12-7-13-29-32(28)33(26)27-17-15-23(19-31(27)35-29)25-11-6-4-9-21(25)2;1-20-8-5-6-11-24(20)23-15-17-26-30(19-23)34-28-13-7-12-27-31(28)32(26)25-16-14-22(18-29(25)33-27)21-9-3-2-4-10-21;1-16-7-2-3-8-18(16)17-13-14-22-20(15-17)26-19-9-4-5-10-21(19)27-23-11-6-12-24(28-22)25(23)26/h2*3-19H,1-2H3;2-19H,1H3;2-15H,1H3. The minimum Gasteiger partial charge on any atom is -0.458 e. The van der Waals surface area contributed by atoms with Crippen LogP contribution in [0.25, 0.3) is 77.9 Å². The van der Waals surface area contributed by atoms with Gasteiger partial charge < -0.3 is 37.9 Å². The van der Waals surface area contributed by atoms with Crippen molar-refractivity contribution in [1.82, 2.24) is 0 Å². The van der Waals surface area contributed by atoms with Crippen molar-refractivity contribution >= 4 is 92.4 Å². The Balaban J connectivity index is 0.0000000974. The lowest BCUT2D eigenvalue weighted by Gasteiger charge is -2.33. The van der Waals surface area contributed by atoms with Gasteiger partial charge in [-0.15, -0.1) is 0 Å². The Hall–Kier alpha value is -16.2. The summed E-state index contributed by atoms with van der Waals surface area (Å²) in [5.41, 5.74) is 38.4. The highest BCUT2D eigenvalue weighted by atomic mass is 16.5. The smallest absolute Gasteiger partial charge is 0.260 e. The van der Waals surface area contributed by atoms with Crippen molar-refractivity contribution in [2.24, 2.45) is 0 Å². The second kappa shape index (κ2) is 32.5. The Morgan fingerprint density at radius 1 is 0.129 bits per heavy atom. The van der Waals surface area contributed by atoms with Gasteiger partial charge in [-0.05, 0) is 294 Å². The van der Waals surface area contributed by atoms with Crippen molar-refractivity contribution in [3.63, 3.8) is 0 Å². The number of para-hydroxylation sites is 1. The Bertz CT molecular complexity index is 7690. The molecule has 0 spiro atoms. The highest BCUT2D eigenvalue weighted by molar-refractivity contribution is 7.00. The average Bonchev–Trinajstić information content (AvgIpc) is 0.736. The van der Waals surface area contributed by atoms with E-state index in [0.29, 0.717) is 0 Å². The molecule has 0 bridgehead atoms. The molecule has 0 amide bonds. The Labute approximate surface area is 770 Å². The zero-order valence-corrected chi connectivity index (χ0v) is 73.7. The topological polar surface area (TPSA) is 73.8 Å². The SMILES string of the molecule is Cc1ccccc1-c1ccc2c(c1)B1c3cc(-c4ccccc4C)ccc3Oc3cccc(c31)O2.Cc1ccccc1-c1ccc2c(c1)B1c3ccccc3Oc3cccc(c31)O2.Cc1ccccc1-c1ccc2c(c1)Oc1cccc3c1B2c1ccc(-c2ccccc2)cc1O3.Cc1ccccc1-c1ccc2c(c1)Oc1cccc3c1B2c1ccc(-c2ccccc2C)cc1O3. The maximum absolute atomic E-state index is 6.47. The first-order chi connectivity index (χ1) is 64.9. The molecule has 8 heterocycles. The van der Waals surface area contributed by atoms with Crippen molar-refractivity contribution in [3.05, 3.63) is 434 Å². The van der Waals surface area contributed by atoms with Crippen LogP contribution in [0.2, 0.25) is 0 Å². The van der Waals surface area contributed by atoms with Gasteiger partial charge in [-0.1, -0.05) is 303 Å². The molecule has 0 aliphatic carbocycles. The fourth-order valence-corrected chi connectivity index (χ4v) is 20.9. The Morgan fingerprint density at radius 2 is 0.326 bits per heavy atom. The van der Waals surface area contributed by atoms with Crippen molar-refractivity contribution < 1.29 is 37.9 Å². The van der Waals surface area contributed by atoms with Crippen molar-refractivity contribution in [1.29, 1.82) is 0 Å². The van der Waals surface area contributed by atoms with Crippen LogP contribution in [-0.2, 0) is 0 Å². The minimum atomic E-state index is 0.0432. The molecule has 19 aromatic carbocycles. The number of ether oxygens (including phenoxy) is 8. The predicted molar refractivity (Wildman–Crippen MR) is 543 cm³/mol. The van der Waals surface area contributed by atoms with Gasteiger partial charge in [0, 0.05) is 21.9 Å². The van der Waals surface area contributed by atoms with E-state index in [-0.39, 0.29) is 26.9 Å². The largest absolute Gasteiger partial charge is 0.458 e. The molecule has 0 saturated heterocycles. The summed E-state index contributed by atoms with van der Waals surface area (Å²) in [6.45, 7) is 13.2. The number of rotatable bonds is 7. The van der Waals surface area contributed by atoms with Gasteiger partial charge in [-0.3, -0.25) is 0 Å². The third-order valence-corrected chi connectivity index (χ3v) is 27.4. The molecule has 132 heavy (non-hydrogen) atoms. The molecule has 0 radical (unpaired) electrons. The van der Waals surface area contributed by atoms with E-state index in [1.807, 2.05) is 91.0 Å². The van der Waals surface area contributed by atoms with Crippen LogP contribution in [0, 0.1) is 41.5 Å². The van der Waals surface area contributed by atoms with E-state index in [0.717, 1.165) is 119 Å². The molecule has 8 aliphatic rings. The number of fused-ring (bicyclic) bond motifs is 16. The molecular weight excluding hydrogens is 1610 g/mol. The van der Waals surface area contributed by atoms with E-state index in [4.69, 9.17) is 37.9 Å². The molecule has 0 N–H and O–H groups in total. The molecule has 27 rings (SSSR count). The van der Waals surface area contributed by atoms with Crippen LogP contribution in [0.3, 0.4) is 0 Å². The fraction of sp³-hybridized carbons (Fsp3) is 0.0500. The zero-order valence-electron chi connectivity index (χ0n) is 73.7. The molecule has 8 aliphatic heterocycles. The predicted octanol–water partition coefficient (Wildman–Crippen LogP) is 23.2. The van der Waals surface area contributed by atoms with E-state index in [2.05, 4.69) is 351 Å². The molecule has 12 heteroatoms. The summed E-state index contributed by atoms with van der Waals surface area (Å²) >= 11 is 0. The second-order valence-corrected chi connectivity index (χ2v) is 35.3. The lowest BCUT2D eigenvalue weighted by atomic mass is 9.34. The van der Waals surface area contributed by atoms with E-state index in [9.17, 15) is 0 Å². The normalized spacial score (nSPS) is 12.7. The quantitative estimate of drug-likeness (QED) is 0.146. The summed E-state index contributed by atoms with van der Waals surface area (Å²) in [5.74, 6) is 14.3. The number of hydrogen-bond acceptors (Lipinski definition) is 8. The van der Waals surface area contributed by atoms with Crippen LogP contribution >= 0.6 is 0 Å². The first kappa shape index (κ1) is 79.3. The van der Waals surface area contributed by atoms with Gasteiger partial charge in [0.2, 0.25) is 0 Å². The van der Waals surface area contributed by atoms with Gasteiger partial charge in [0.15, 0.2) is 0 Å². The van der Waals surface area contributed by atoms with Crippen molar-refractivity contribution in [3.8, 4) is 170 Å². The van der Waals surface area contributed by atoms with Gasteiger partial charge in [0.05, 0.1) is 0 Å². The highest BCUT2D eigenvalue weighted by Crippen LogP contribution is 2.45. The van der Waals surface area contributed by atoms with Crippen LogP contribution in [-0.4, -0.2) is 26.9 Å². The highest BCUT2D eigenvalue weighted by Gasteiger charge is 2.45. The van der Waals surface area contributed by atoms with Crippen LogP contribution < -0.4 is 103 Å². The third-order valence-electron chi connectivity index (χ3n) is 27.4. The first-order valence-electron chi connectivity index (χ1n) is 45.3. The van der Waals surface area contributed by atoms with E-state index in [1.165, 1.54) is 149 Å². The molecule has 19 aromatic rings. The molecule has 624 valence electrons. The van der Waals surface area contributed by atoms with Gasteiger partial charge >= 0.3 is 0 Å². The van der Waals surface area contributed by atoms with Gasteiger partial charge in [-0.2, -0.15) is 0 Å². The summed E-state index contributed by atoms with van der Waals surface area (Å²) in [6.07, 6.45) is 0. The molecule has 0 aromatic heterocycles. The monoisotopic (exact) mass is 1700 g/mol. The van der Waals surface area contributed by atoms with Crippen LogP contribution in [0.5, 0.6) is 92.0 Å². The van der Waals surface area contributed by atoms with E-state index in [1.54, 1.807) is 0 Å². The van der Waals surface area contributed by atoms with Crippen LogP contribution in [0.4, 0.5) is 0 Å². The number of hydrogen-bond donors (Lipinski definition) is 0. The minimum absolute atomic E-state index is 0.0432. The summed E-state index contributed by atoms with van der Waals surface area (Å²) in [4.78, 5) is 0. The maximum atomic E-state index is 6.47. The van der Waals surface area contributed by atoms with Gasteiger partial charge in [0.25, 0.3) is 26.9 Å². The van der Waals surface area contributed by atoms with Crippen LogP contribution in [0.15, 0.2) is 400 Å². The van der Waals surface area contributed by atoms with E-state index < -0.39 is 0 Å². The average molecular weight is 1700 g/mol. The lowest BCUT2D eigenvalue weighted by Crippen LogP contribution is -2.57. The molecule has 0 saturated carbocycles. The zero-order chi connectivity index (χ0) is 88.3. The third kappa shape index (κ3) is 13.8. The Morgan fingerprint density at radius 3 is 0.621 bits per heavy atom. The van der Waals surface area contributed by atoms with Gasteiger partial charge in [-0.25, -0.2) is 0 Å². The summed E-state index contributed by atoms with van der Waals surface area (Å²) < 4.78 is 51.1. The summed E-state index contributed by atoms with van der Waals surface area (Å²) in [7, 11) is 0. The molecule has 0 fully saturated rings. The molecule has 8 nitrogen and oxygen atoms in total. The number of benzene rings is 19. The second-order valence-electron chi connectivity index (χ2n) is 35.3. The first-order valence-corrected chi connectivity index (χ1v) is 45.3. The fourth-order valence-electron chi connectivity index (χ4n) is 20.9. The molecular formula is C120H84B4O8. The lowest BCUT2D eigenvalue weighted by molar-refractivity contribution is 0.464. The summed E-state index contributed by atoms with van der Waals surface area (Å²) in [6, 6.07) is 140. The molecule has 0 atom stereocenters. The van der Waals surface area contributed by atoms with Crippen LogP contribution in [0.1, 0.15) is 33.4 Å². The number of aryl methyl sites for hydroxylation is 6.